The van der Waals surface area contributed by atoms with E-state index in [-0.39, 0.29) is 62.5 Å². The Morgan fingerprint density at radius 3 is 1.96 bits per heavy atom. The Morgan fingerprint density at radius 1 is 0.727 bits per heavy atom. The average Bonchev–Trinajstić information content (AvgIpc) is 4.08. The second-order valence-corrected chi connectivity index (χ2v) is 20.9. The van der Waals surface area contributed by atoms with Crippen LogP contribution in [0.1, 0.15) is 42.1 Å². The van der Waals surface area contributed by atoms with Crippen LogP contribution >= 0.6 is 21.6 Å². The molecular formula is C51H65N15O9S2. The van der Waals surface area contributed by atoms with Crippen molar-refractivity contribution in [2.45, 2.75) is 99.9 Å². The van der Waals surface area contributed by atoms with Crippen molar-refractivity contribution in [3.63, 3.8) is 0 Å². The number of H-pyrrole nitrogens is 2. The predicted molar refractivity (Wildman–Crippen MR) is 292 cm³/mol. The molecule has 0 spiro atoms. The van der Waals surface area contributed by atoms with Gasteiger partial charge in [-0.3, -0.25) is 43.3 Å². The number of imidazole rings is 1. The van der Waals surface area contributed by atoms with Crippen molar-refractivity contribution in [3.8, 4) is 0 Å². The molecule has 1 saturated heterocycles. The summed E-state index contributed by atoms with van der Waals surface area (Å²) in [5.74, 6) is -7.48. The number of nitrogens with two attached hydrogens (primary N) is 4. The minimum atomic E-state index is -1.58. The van der Waals surface area contributed by atoms with Crippen molar-refractivity contribution in [2.75, 3.05) is 18.1 Å². The second kappa shape index (κ2) is 28.8. The van der Waals surface area contributed by atoms with Crippen molar-refractivity contribution >= 4 is 85.7 Å². The molecule has 0 bridgehead atoms. The first kappa shape index (κ1) is 58.3. The first-order valence-corrected chi connectivity index (χ1v) is 27.2. The van der Waals surface area contributed by atoms with Gasteiger partial charge in [0.25, 0.3) is 0 Å². The lowest BCUT2D eigenvalue weighted by Crippen LogP contribution is -2.61. The van der Waals surface area contributed by atoms with Gasteiger partial charge in [0, 0.05) is 66.3 Å². The van der Waals surface area contributed by atoms with E-state index in [1.54, 1.807) is 66.9 Å². The van der Waals surface area contributed by atoms with Crippen LogP contribution in [-0.4, -0.2) is 146 Å². The van der Waals surface area contributed by atoms with Gasteiger partial charge < -0.3 is 75.2 Å². The molecule has 5 aromatic rings. The van der Waals surface area contributed by atoms with E-state index in [4.69, 9.17) is 22.9 Å². The molecule has 24 nitrogen and oxygen atoms in total. The molecule has 3 heterocycles. The summed E-state index contributed by atoms with van der Waals surface area (Å²) in [5, 5.41) is 30.0. The number of guanidine groups is 1. The molecule has 77 heavy (non-hydrogen) atoms. The summed E-state index contributed by atoms with van der Waals surface area (Å²) in [7, 11) is 2.01. The Bertz CT molecular complexity index is 2830. The highest BCUT2D eigenvalue weighted by molar-refractivity contribution is 8.76. The Kier molecular flexibility index (Phi) is 21.8. The van der Waals surface area contributed by atoms with Gasteiger partial charge in [-0.15, -0.1) is 0 Å². The molecule has 26 heteroatoms. The minimum Gasteiger partial charge on any atom is -0.391 e. The number of aromatic nitrogens is 3. The summed E-state index contributed by atoms with van der Waals surface area (Å²) >= 11 is 0. The third-order valence-electron chi connectivity index (χ3n) is 12.4. The summed E-state index contributed by atoms with van der Waals surface area (Å²) in [6.07, 6.45) is 2.87. The van der Waals surface area contributed by atoms with Gasteiger partial charge in [-0.05, 0) is 48.9 Å². The maximum absolute atomic E-state index is 14.7. The number of amides is 8. The van der Waals surface area contributed by atoms with E-state index >= 15 is 0 Å². The van der Waals surface area contributed by atoms with Crippen LogP contribution in [0.3, 0.4) is 0 Å². The largest absolute Gasteiger partial charge is 0.391 e. The maximum Gasteiger partial charge on any atom is 0.244 e. The molecule has 3 aromatic carbocycles. The first-order chi connectivity index (χ1) is 36.9. The molecule has 0 radical (unpaired) electrons. The summed E-state index contributed by atoms with van der Waals surface area (Å²) in [4.78, 5) is 128. The molecule has 410 valence electrons. The van der Waals surface area contributed by atoms with Crippen LogP contribution in [-0.2, 0) is 64.0 Å². The number of rotatable bonds is 18. The third-order valence-corrected chi connectivity index (χ3v) is 14.8. The lowest BCUT2D eigenvalue weighted by Gasteiger charge is -2.28. The number of nitrogens with zero attached hydrogens (tertiary/aromatic N) is 2. The number of nitrogens with one attached hydrogen (secondary N) is 9. The fraction of sp³-hybridized carbons (Fsp3) is 0.373. The molecule has 1 aliphatic rings. The SMILES string of the molecule is C[C@@H](O)[C@H](NC(=O)[C@H]1CSSC[C@H](NC(=O)[C@H](N)Cc2ccccc2)C(=O)N[C@@H](Cc2cnc[nH]2)C(=O)N[C@@H](Cc2ccccc2)C(=O)N[C@@H](CCCN=C(N)N)C(=O)N[C@H](Cc2c[nH]c3ccccc23)C(=O)N1)C(N)=O. The summed E-state index contributed by atoms with van der Waals surface area (Å²) < 4.78 is 0. The molecule has 2 aromatic heterocycles. The van der Waals surface area contributed by atoms with Gasteiger partial charge in [-0.2, -0.15) is 0 Å². The molecule has 0 saturated carbocycles. The predicted octanol–water partition coefficient (Wildman–Crippen LogP) is -1.80. The van der Waals surface area contributed by atoms with Crippen LogP contribution in [0.25, 0.3) is 10.9 Å². The third kappa shape index (κ3) is 17.8. The molecule has 8 amide bonds. The lowest BCUT2D eigenvalue weighted by molar-refractivity contribution is -0.135. The first-order valence-electron chi connectivity index (χ1n) is 24.7. The smallest absolute Gasteiger partial charge is 0.244 e. The minimum absolute atomic E-state index is 0.0477. The van der Waals surface area contributed by atoms with Gasteiger partial charge in [0.15, 0.2) is 5.96 Å². The van der Waals surface area contributed by atoms with Gasteiger partial charge in [0.05, 0.1) is 18.5 Å². The maximum atomic E-state index is 14.7. The zero-order valence-corrected chi connectivity index (χ0v) is 43.7. The number of carbonyl (C=O) groups is 8. The number of aliphatic hydroxyl groups excluding tert-OH is 1. The average molecular weight is 1100 g/mol. The van der Waals surface area contributed by atoms with Crippen LogP contribution in [0.15, 0.2) is 109 Å². The zero-order valence-electron chi connectivity index (χ0n) is 42.1. The number of primary amides is 1. The fourth-order valence-corrected chi connectivity index (χ4v) is 10.6. The Labute approximate surface area is 451 Å². The highest BCUT2D eigenvalue weighted by Gasteiger charge is 2.36. The van der Waals surface area contributed by atoms with E-state index in [9.17, 15) is 43.5 Å². The van der Waals surface area contributed by atoms with Crippen LogP contribution < -0.4 is 60.2 Å². The van der Waals surface area contributed by atoms with Crippen molar-refractivity contribution in [2.24, 2.45) is 27.9 Å². The van der Waals surface area contributed by atoms with Crippen LogP contribution in [0.2, 0.25) is 0 Å². The molecule has 9 atom stereocenters. The van der Waals surface area contributed by atoms with Gasteiger partial charge in [-0.25, -0.2) is 4.98 Å². The van der Waals surface area contributed by atoms with E-state index in [1.165, 1.54) is 19.4 Å². The number of carbonyl (C=O) groups excluding carboxylic acids is 8. The van der Waals surface area contributed by atoms with Crippen LogP contribution in [0.4, 0.5) is 0 Å². The summed E-state index contributed by atoms with van der Waals surface area (Å²) in [6.45, 7) is 1.29. The summed E-state index contributed by atoms with van der Waals surface area (Å²) in [6, 6.07) is 13.8. The highest BCUT2D eigenvalue weighted by Crippen LogP contribution is 2.25. The van der Waals surface area contributed by atoms with Crippen molar-refractivity contribution < 1.29 is 43.5 Å². The standard InChI is InChI=1S/C51H65N15O9S2/c1-28(67)42(43(53)68)66-50(75)41-26-77-76-25-40(64-44(69)34(52)19-29-11-4-2-5-12-29)49(74)63-39(22-32-24-56-27-59-32)48(73)61-37(20-30-13-6-3-7-14-30)46(71)60-36(17-10-18-57-51(54)55)45(70)62-38(47(72)65-41)21-31-23-58-35-16-9-8-15-33(31)35/h2-9,11-16,23-24,27-28,34,36-42,58,67H,10,17-22,25-26,52H2,1H3,(H2,53,68)(H,56,59)(H,60,71)(H,61,73)(H,62,70)(H,63,74)(H,64,69)(H,65,72)(H,66,75)(H4,54,55,57)/t28-,34-,36+,37+,38-,39+,40+,41-,42+/m1/s1. The van der Waals surface area contributed by atoms with Gasteiger partial charge in [-0.1, -0.05) is 100 Å². The molecule has 18 N–H and O–H groups in total. The Hall–Kier alpha value is -7.94. The van der Waals surface area contributed by atoms with Crippen LogP contribution in [0, 0.1) is 0 Å². The number of fused-ring (bicyclic) bond motifs is 1. The molecule has 1 aliphatic heterocycles. The van der Waals surface area contributed by atoms with Crippen molar-refractivity contribution in [3.05, 3.63) is 126 Å². The van der Waals surface area contributed by atoms with Gasteiger partial charge in [0.1, 0.15) is 42.3 Å². The number of hydrogen-bond acceptors (Lipinski definition) is 14. The number of benzene rings is 3. The molecular weight excluding hydrogens is 1030 g/mol. The highest BCUT2D eigenvalue weighted by atomic mass is 33.1. The van der Waals surface area contributed by atoms with E-state index in [0.717, 1.165) is 38.1 Å². The lowest BCUT2D eigenvalue weighted by atomic mass is 10.0. The number of para-hydroxylation sites is 1. The number of aromatic amines is 2. The molecule has 1 fully saturated rings. The fourth-order valence-electron chi connectivity index (χ4n) is 8.27. The van der Waals surface area contributed by atoms with E-state index in [2.05, 4.69) is 57.2 Å². The zero-order chi connectivity index (χ0) is 55.4. The second-order valence-electron chi connectivity index (χ2n) is 18.3. The number of aliphatic hydroxyl groups is 1. The summed E-state index contributed by atoms with van der Waals surface area (Å²) in [5.41, 5.74) is 26.3. The molecule has 0 aliphatic carbocycles. The topological polar surface area (TPSA) is 402 Å². The molecule has 6 rings (SSSR count). The van der Waals surface area contributed by atoms with Crippen molar-refractivity contribution in [1.29, 1.82) is 0 Å². The number of hydrogen-bond donors (Lipinski definition) is 14. The normalized spacial score (nSPS) is 21.4. The van der Waals surface area contributed by atoms with Crippen LogP contribution in [0.5, 0.6) is 0 Å². The van der Waals surface area contributed by atoms with Gasteiger partial charge >= 0.3 is 0 Å². The van der Waals surface area contributed by atoms with E-state index in [0.29, 0.717) is 16.8 Å². The van der Waals surface area contributed by atoms with E-state index < -0.39 is 102 Å². The Balaban J connectivity index is 1.42. The Morgan fingerprint density at radius 2 is 1.31 bits per heavy atom. The van der Waals surface area contributed by atoms with Crippen molar-refractivity contribution in [1.82, 2.24) is 52.2 Å². The molecule has 0 unspecified atom stereocenters. The monoisotopic (exact) mass is 1100 g/mol. The quantitative estimate of drug-likeness (QED) is 0.0199. The number of aliphatic imine (C=N–C) groups is 1. The van der Waals surface area contributed by atoms with E-state index in [1.807, 2.05) is 24.3 Å². The van der Waals surface area contributed by atoms with Gasteiger partial charge in [0.2, 0.25) is 47.3 Å².